The van der Waals surface area contributed by atoms with Gasteiger partial charge in [-0.15, -0.1) is 0 Å². The highest BCUT2D eigenvalue weighted by Crippen LogP contribution is 2.22. The van der Waals surface area contributed by atoms with E-state index in [0.29, 0.717) is 13.2 Å². The van der Waals surface area contributed by atoms with Crippen molar-refractivity contribution in [3.05, 3.63) is 17.7 Å². The van der Waals surface area contributed by atoms with Gasteiger partial charge in [-0.2, -0.15) is 0 Å². The number of nitrogens with one attached hydrogen (secondary N) is 2. The number of hydrogen-bond donors (Lipinski definition) is 2. The molecule has 2 heterocycles. The summed E-state index contributed by atoms with van der Waals surface area (Å²) in [6.07, 6.45) is 2.43. The molecule has 0 aromatic carbocycles. The predicted molar refractivity (Wildman–Crippen MR) is 49.7 cm³/mol. The fourth-order valence-corrected chi connectivity index (χ4v) is 1.58. The molecular weight excluding hydrogens is 182 g/mol. The molecule has 0 aliphatic carbocycles. The Bertz CT molecular complexity index is 335. The molecule has 14 heavy (non-hydrogen) atoms. The molecule has 5 nitrogen and oxygen atoms in total. The van der Waals surface area contributed by atoms with E-state index in [0.717, 1.165) is 17.8 Å². The molecule has 0 saturated carbocycles. The molecule has 1 aliphatic rings. The van der Waals surface area contributed by atoms with Gasteiger partial charge in [-0.05, 0) is 0 Å². The monoisotopic (exact) mass is 195 g/mol. The summed E-state index contributed by atoms with van der Waals surface area (Å²) in [5.41, 5.74) is 2.04. The summed E-state index contributed by atoms with van der Waals surface area (Å²) in [5.74, 6) is -0.0451. The molecular formula is C9H13N3O2. The Balaban J connectivity index is 2.05. The molecule has 5 heteroatoms. The normalized spacial score (nSPS) is 20.2. The van der Waals surface area contributed by atoms with Gasteiger partial charge in [0.15, 0.2) is 0 Å². The number of imidazole rings is 1. The van der Waals surface area contributed by atoms with Crippen LogP contribution in [0.2, 0.25) is 0 Å². The molecule has 0 saturated heterocycles. The van der Waals surface area contributed by atoms with Gasteiger partial charge in [0, 0.05) is 25.6 Å². The maximum Gasteiger partial charge on any atom is 0.216 e. The first-order valence-electron chi connectivity index (χ1n) is 4.65. The van der Waals surface area contributed by atoms with Crippen molar-refractivity contribution in [3.63, 3.8) is 0 Å². The highest BCUT2D eigenvalue weighted by molar-refractivity contribution is 5.72. The second kappa shape index (κ2) is 3.79. The van der Waals surface area contributed by atoms with Crippen molar-refractivity contribution in [2.75, 3.05) is 13.2 Å². The first-order chi connectivity index (χ1) is 6.77. The van der Waals surface area contributed by atoms with E-state index in [9.17, 15) is 4.79 Å². The molecule has 0 radical (unpaired) electrons. The maximum absolute atomic E-state index is 10.7. The number of aromatic amines is 1. The molecule has 0 fully saturated rings. The van der Waals surface area contributed by atoms with Crippen molar-refractivity contribution in [1.29, 1.82) is 0 Å². The zero-order valence-electron chi connectivity index (χ0n) is 8.04. The molecule has 0 bridgehead atoms. The summed E-state index contributed by atoms with van der Waals surface area (Å²) < 4.78 is 5.52. The van der Waals surface area contributed by atoms with Crippen molar-refractivity contribution in [1.82, 2.24) is 15.3 Å². The number of hydrogen-bond acceptors (Lipinski definition) is 3. The number of ether oxygens (including phenoxy) is 1. The SMILES string of the molecule is CC(=O)NCC1OCCc2[nH]cnc21. The molecule has 2 N–H and O–H groups in total. The third-order valence-electron chi connectivity index (χ3n) is 2.26. The number of carbonyl (C=O) groups is 1. The Kier molecular flexibility index (Phi) is 2.49. The zero-order chi connectivity index (χ0) is 9.97. The van der Waals surface area contributed by atoms with Gasteiger partial charge < -0.3 is 15.0 Å². The number of carbonyl (C=O) groups excluding carboxylic acids is 1. The number of rotatable bonds is 2. The highest BCUT2D eigenvalue weighted by Gasteiger charge is 2.23. The number of amides is 1. The van der Waals surface area contributed by atoms with Gasteiger partial charge in [0.1, 0.15) is 6.10 Å². The Hall–Kier alpha value is -1.36. The number of H-pyrrole nitrogens is 1. The lowest BCUT2D eigenvalue weighted by atomic mass is 10.1. The Labute approximate surface area is 81.9 Å². The van der Waals surface area contributed by atoms with E-state index in [4.69, 9.17) is 4.74 Å². The predicted octanol–water partition coefficient (Wildman–Crippen LogP) is 0.160. The summed E-state index contributed by atoms with van der Waals surface area (Å²) in [7, 11) is 0. The van der Waals surface area contributed by atoms with Crippen molar-refractivity contribution >= 4 is 5.91 Å². The zero-order valence-corrected chi connectivity index (χ0v) is 8.04. The van der Waals surface area contributed by atoms with Crippen LogP contribution in [-0.4, -0.2) is 29.0 Å². The van der Waals surface area contributed by atoms with Gasteiger partial charge in [0.05, 0.1) is 18.6 Å². The van der Waals surface area contributed by atoms with Crippen LogP contribution >= 0.6 is 0 Å². The minimum absolute atomic E-state index is 0.0451. The van der Waals surface area contributed by atoms with Gasteiger partial charge in [0.25, 0.3) is 0 Å². The molecule has 76 valence electrons. The summed E-state index contributed by atoms with van der Waals surface area (Å²) >= 11 is 0. The summed E-state index contributed by atoms with van der Waals surface area (Å²) in [5, 5.41) is 2.73. The molecule has 1 aliphatic heterocycles. The van der Waals surface area contributed by atoms with Crippen LogP contribution in [0.15, 0.2) is 6.33 Å². The quantitative estimate of drug-likeness (QED) is 0.706. The Morgan fingerprint density at radius 3 is 3.50 bits per heavy atom. The molecule has 0 spiro atoms. The van der Waals surface area contributed by atoms with E-state index in [1.165, 1.54) is 6.92 Å². The molecule has 1 amide bonds. The Morgan fingerprint density at radius 1 is 1.86 bits per heavy atom. The fourth-order valence-electron chi connectivity index (χ4n) is 1.58. The van der Waals surface area contributed by atoms with Crippen LogP contribution < -0.4 is 5.32 Å². The topological polar surface area (TPSA) is 67.0 Å². The molecule has 1 unspecified atom stereocenters. The molecule has 1 aromatic heterocycles. The van der Waals surface area contributed by atoms with E-state index < -0.39 is 0 Å². The van der Waals surface area contributed by atoms with Crippen molar-refractivity contribution < 1.29 is 9.53 Å². The standard InChI is InChI=1S/C9H13N3O2/c1-6(13)10-4-8-9-7(2-3-14-8)11-5-12-9/h5,8H,2-4H2,1H3,(H,10,13)(H,11,12). The average Bonchev–Trinajstić information content (AvgIpc) is 2.62. The van der Waals surface area contributed by atoms with E-state index in [1.54, 1.807) is 6.33 Å². The number of fused-ring (bicyclic) bond motifs is 1. The van der Waals surface area contributed by atoms with Crippen LogP contribution in [0.25, 0.3) is 0 Å². The van der Waals surface area contributed by atoms with E-state index >= 15 is 0 Å². The van der Waals surface area contributed by atoms with E-state index in [2.05, 4.69) is 15.3 Å². The summed E-state index contributed by atoms with van der Waals surface area (Å²) in [4.78, 5) is 18.0. The van der Waals surface area contributed by atoms with Gasteiger partial charge in [-0.3, -0.25) is 4.79 Å². The lowest BCUT2D eigenvalue weighted by Gasteiger charge is -2.21. The second-order valence-electron chi connectivity index (χ2n) is 3.31. The molecule has 2 rings (SSSR count). The molecule has 1 aromatic rings. The third-order valence-corrected chi connectivity index (χ3v) is 2.26. The van der Waals surface area contributed by atoms with E-state index in [-0.39, 0.29) is 12.0 Å². The van der Waals surface area contributed by atoms with Crippen LogP contribution in [0.4, 0.5) is 0 Å². The summed E-state index contributed by atoms with van der Waals surface area (Å²) in [6.45, 7) is 2.67. The smallest absolute Gasteiger partial charge is 0.216 e. The van der Waals surface area contributed by atoms with Crippen molar-refractivity contribution in [2.24, 2.45) is 0 Å². The lowest BCUT2D eigenvalue weighted by Crippen LogP contribution is -2.30. The summed E-state index contributed by atoms with van der Waals surface area (Å²) in [6, 6.07) is 0. The van der Waals surface area contributed by atoms with Crippen LogP contribution in [0.1, 0.15) is 24.4 Å². The average molecular weight is 195 g/mol. The van der Waals surface area contributed by atoms with Crippen LogP contribution in [-0.2, 0) is 16.0 Å². The minimum atomic E-state index is -0.103. The van der Waals surface area contributed by atoms with Crippen molar-refractivity contribution in [2.45, 2.75) is 19.4 Å². The van der Waals surface area contributed by atoms with Crippen LogP contribution in [0.3, 0.4) is 0 Å². The van der Waals surface area contributed by atoms with Crippen LogP contribution in [0, 0.1) is 0 Å². The van der Waals surface area contributed by atoms with Gasteiger partial charge >= 0.3 is 0 Å². The Morgan fingerprint density at radius 2 is 2.71 bits per heavy atom. The minimum Gasteiger partial charge on any atom is -0.370 e. The molecule has 1 atom stereocenters. The first kappa shape index (κ1) is 9.21. The van der Waals surface area contributed by atoms with E-state index in [1.807, 2.05) is 0 Å². The van der Waals surface area contributed by atoms with Gasteiger partial charge in [-0.25, -0.2) is 4.98 Å². The lowest BCUT2D eigenvalue weighted by molar-refractivity contribution is -0.119. The maximum atomic E-state index is 10.7. The number of nitrogens with zero attached hydrogens (tertiary/aromatic N) is 1. The third kappa shape index (κ3) is 1.77. The fraction of sp³-hybridized carbons (Fsp3) is 0.556. The highest BCUT2D eigenvalue weighted by atomic mass is 16.5. The second-order valence-corrected chi connectivity index (χ2v) is 3.31. The van der Waals surface area contributed by atoms with Crippen molar-refractivity contribution in [3.8, 4) is 0 Å². The van der Waals surface area contributed by atoms with Crippen LogP contribution in [0.5, 0.6) is 0 Å². The van der Waals surface area contributed by atoms with Gasteiger partial charge in [0.2, 0.25) is 5.91 Å². The van der Waals surface area contributed by atoms with Gasteiger partial charge in [-0.1, -0.05) is 0 Å². The number of aromatic nitrogens is 2. The first-order valence-corrected chi connectivity index (χ1v) is 4.65. The largest absolute Gasteiger partial charge is 0.370 e.